The van der Waals surface area contributed by atoms with E-state index in [9.17, 15) is 0 Å². The molecular weight excluding hydrogens is 603 g/mol. The first-order chi connectivity index (χ1) is 24.3. The Morgan fingerprint density at radius 3 is 1.73 bits per heavy atom. The Morgan fingerprint density at radius 1 is 0.408 bits per heavy atom. The Bertz CT molecular complexity index is 2660. The van der Waals surface area contributed by atoms with Crippen LogP contribution in [-0.2, 0) is 0 Å². The second kappa shape index (κ2) is 10.9. The van der Waals surface area contributed by atoms with Gasteiger partial charge in [0.2, 0.25) is 0 Å². The average molecular weight is 630 g/mol. The summed E-state index contributed by atoms with van der Waals surface area (Å²) in [5.41, 5.74) is 7.88. The lowest BCUT2D eigenvalue weighted by atomic mass is 10.0. The molecule has 0 atom stereocenters. The van der Waals surface area contributed by atoms with Gasteiger partial charge in [-0.05, 0) is 53.2 Å². The molecule has 5 nitrogen and oxygen atoms in total. The molecule has 0 bridgehead atoms. The van der Waals surface area contributed by atoms with E-state index in [4.69, 9.17) is 19.4 Å². The molecule has 3 heterocycles. The summed E-state index contributed by atoms with van der Waals surface area (Å²) >= 11 is 0. The van der Waals surface area contributed by atoms with Crippen LogP contribution in [0.4, 0.5) is 0 Å². The van der Waals surface area contributed by atoms with Gasteiger partial charge < -0.3 is 14.0 Å². The quantitative estimate of drug-likeness (QED) is 0.194. The van der Waals surface area contributed by atoms with E-state index in [0.29, 0.717) is 28.8 Å². The van der Waals surface area contributed by atoms with Crippen molar-refractivity contribution in [3.63, 3.8) is 0 Å². The standard InChI is InChI=1S/C44H27N3O2/c1-3-13-29(14-4-1)35-26-36(30-15-5-2-6-16-30)46-44(45-35)31-17-11-18-32(24-31)47-37-23-22-28-12-7-8-19-33(28)43(37)34-25-41-42(27-38(34)47)49-40-21-10-9-20-39(40)48-41/h1-27H. The molecule has 10 rings (SSSR count). The van der Waals surface area contributed by atoms with Gasteiger partial charge >= 0.3 is 0 Å². The number of hydrogen-bond acceptors (Lipinski definition) is 4. The molecule has 0 amide bonds. The van der Waals surface area contributed by atoms with Crippen LogP contribution in [-0.4, -0.2) is 14.5 Å². The zero-order chi connectivity index (χ0) is 32.3. The summed E-state index contributed by atoms with van der Waals surface area (Å²) in [7, 11) is 0. The minimum Gasteiger partial charge on any atom is -0.449 e. The van der Waals surface area contributed by atoms with Gasteiger partial charge in [0, 0.05) is 39.2 Å². The van der Waals surface area contributed by atoms with Crippen molar-refractivity contribution in [1.29, 1.82) is 0 Å². The van der Waals surface area contributed by atoms with E-state index in [0.717, 1.165) is 55.6 Å². The van der Waals surface area contributed by atoms with Crippen molar-refractivity contribution in [1.82, 2.24) is 14.5 Å². The van der Waals surface area contributed by atoms with E-state index >= 15 is 0 Å². The number of aromatic nitrogens is 3. The van der Waals surface area contributed by atoms with Crippen LogP contribution in [0.1, 0.15) is 0 Å². The van der Waals surface area contributed by atoms with Gasteiger partial charge in [0.05, 0.1) is 22.4 Å². The Labute approximate surface area is 282 Å². The SMILES string of the molecule is c1ccc(-c2cc(-c3ccccc3)nc(-c3cccc(-n4c5cc6c(cc5c5c7ccccc7ccc54)Oc4ccccc4O6)c3)n2)cc1. The van der Waals surface area contributed by atoms with Crippen molar-refractivity contribution in [2.75, 3.05) is 0 Å². The molecule has 7 aromatic carbocycles. The summed E-state index contributed by atoms with van der Waals surface area (Å²) in [6.45, 7) is 0. The zero-order valence-electron chi connectivity index (χ0n) is 26.2. The van der Waals surface area contributed by atoms with Crippen molar-refractivity contribution < 1.29 is 9.47 Å². The molecule has 49 heavy (non-hydrogen) atoms. The van der Waals surface area contributed by atoms with Gasteiger partial charge in [0.15, 0.2) is 28.8 Å². The zero-order valence-corrected chi connectivity index (χ0v) is 26.2. The number of rotatable bonds is 4. The topological polar surface area (TPSA) is 49.2 Å². The maximum atomic E-state index is 6.41. The highest BCUT2D eigenvalue weighted by Crippen LogP contribution is 2.49. The molecule has 0 N–H and O–H groups in total. The first-order valence-corrected chi connectivity index (χ1v) is 16.3. The van der Waals surface area contributed by atoms with Gasteiger partial charge in [-0.25, -0.2) is 9.97 Å². The Hall–Kier alpha value is -6.72. The lowest BCUT2D eigenvalue weighted by Crippen LogP contribution is -2.00. The van der Waals surface area contributed by atoms with Crippen molar-refractivity contribution in [3.05, 3.63) is 164 Å². The van der Waals surface area contributed by atoms with E-state index in [-0.39, 0.29) is 0 Å². The molecule has 0 spiro atoms. The third-order valence-electron chi connectivity index (χ3n) is 9.24. The number of benzene rings is 7. The summed E-state index contributed by atoms with van der Waals surface area (Å²) in [4.78, 5) is 10.2. The first-order valence-electron chi connectivity index (χ1n) is 16.3. The monoisotopic (exact) mass is 629 g/mol. The van der Waals surface area contributed by atoms with Crippen LogP contribution in [0.5, 0.6) is 23.0 Å². The highest BCUT2D eigenvalue weighted by atomic mass is 16.6. The molecule has 2 aromatic heterocycles. The highest BCUT2D eigenvalue weighted by molar-refractivity contribution is 6.21. The van der Waals surface area contributed by atoms with Crippen molar-refractivity contribution >= 4 is 32.6 Å². The molecule has 0 radical (unpaired) electrons. The summed E-state index contributed by atoms with van der Waals surface area (Å²) in [5.74, 6) is 3.46. The Morgan fingerprint density at radius 2 is 1.02 bits per heavy atom. The fourth-order valence-electron chi connectivity index (χ4n) is 6.96. The van der Waals surface area contributed by atoms with Gasteiger partial charge in [-0.3, -0.25) is 0 Å². The fraction of sp³-hybridized carbons (Fsp3) is 0. The summed E-state index contributed by atoms with van der Waals surface area (Å²) < 4.78 is 15.1. The van der Waals surface area contributed by atoms with Crippen LogP contribution in [0.2, 0.25) is 0 Å². The largest absolute Gasteiger partial charge is 0.449 e. The number of para-hydroxylation sites is 2. The van der Waals surface area contributed by atoms with E-state index in [1.165, 1.54) is 10.8 Å². The molecule has 0 unspecified atom stereocenters. The number of hydrogen-bond donors (Lipinski definition) is 0. The van der Waals surface area contributed by atoms with Crippen LogP contribution in [0.15, 0.2) is 164 Å². The predicted octanol–water partition coefficient (Wildman–Crippen LogP) is 11.6. The van der Waals surface area contributed by atoms with Crippen LogP contribution in [0.3, 0.4) is 0 Å². The summed E-state index contributed by atoms with van der Waals surface area (Å²) in [6, 6.07) is 56.1. The summed E-state index contributed by atoms with van der Waals surface area (Å²) in [6.07, 6.45) is 0. The van der Waals surface area contributed by atoms with Crippen molar-refractivity contribution in [3.8, 4) is 62.6 Å². The lowest BCUT2D eigenvalue weighted by Gasteiger charge is -2.20. The van der Waals surface area contributed by atoms with Gasteiger partial charge in [0.1, 0.15) is 0 Å². The minimum absolute atomic E-state index is 0.666. The molecule has 1 aliphatic rings. The molecule has 0 aliphatic carbocycles. The van der Waals surface area contributed by atoms with E-state index < -0.39 is 0 Å². The summed E-state index contributed by atoms with van der Waals surface area (Å²) in [5, 5.41) is 4.62. The molecule has 0 fully saturated rings. The van der Waals surface area contributed by atoms with Crippen LogP contribution < -0.4 is 9.47 Å². The van der Waals surface area contributed by atoms with E-state index in [2.05, 4.69) is 108 Å². The van der Waals surface area contributed by atoms with Gasteiger partial charge in [-0.1, -0.05) is 115 Å². The van der Waals surface area contributed by atoms with E-state index in [1.54, 1.807) is 0 Å². The minimum atomic E-state index is 0.666. The molecule has 0 saturated carbocycles. The number of ether oxygens (including phenoxy) is 2. The van der Waals surface area contributed by atoms with Gasteiger partial charge in [-0.2, -0.15) is 0 Å². The molecule has 230 valence electrons. The van der Waals surface area contributed by atoms with Gasteiger partial charge in [-0.15, -0.1) is 0 Å². The van der Waals surface area contributed by atoms with Crippen molar-refractivity contribution in [2.45, 2.75) is 0 Å². The maximum Gasteiger partial charge on any atom is 0.172 e. The molecule has 0 saturated heterocycles. The Kier molecular flexibility index (Phi) is 6.11. The third kappa shape index (κ3) is 4.55. The highest BCUT2D eigenvalue weighted by Gasteiger charge is 2.23. The number of fused-ring (bicyclic) bond motifs is 7. The maximum absolute atomic E-state index is 6.41. The first kappa shape index (κ1) is 27.4. The predicted molar refractivity (Wildman–Crippen MR) is 197 cm³/mol. The fourth-order valence-corrected chi connectivity index (χ4v) is 6.96. The molecular formula is C44H27N3O2. The van der Waals surface area contributed by atoms with Crippen molar-refractivity contribution in [2.24, 2.45) is 0 Å². The van der Waals surface area contributed by atoms with Gasteiger partial charge in [0.25, 0.3) is 0 Å². The van der Waals surface area contributed by atoms with Crippen LogP contribution in [0, 0.1) is 0 Å². The lowest BCUT2D eigenvalue weighted by molar-refractivity contribution is 0.360. The van der Waals surface area contributed by atoms with Crippen LogP contribution in [0.25, 0.3) is 72.2 Å². The molecule has 1 aliphatic heterocycles. The smallest absolute Gasteiger partial charge is 0.172 e. The van der Waals surface area contributed by atoms with E-state index in [1.807, 2.05) is 60.7 Å². The average Bonchev–Trinajstić information content (AvgIpc) is 3.50. The normalized spacial score (nSPS) is 12.0. The molecule has 5 heteroatoms. The van der Waals surface area contributed by atoms with Crippen LogP contribution >= 0.6 is 0 Å². The second-order valence-electron chi connectivity index (χ2n) is 12.2. The Balaban J connectivity index is 1.20. The second-order valence-corrected chi connectivity index (χ2v) is 12.2. The molecule has 9 aromatic rings. The number of nitrogens with zero attached hydrogens (tertiary/aromatic N) is 3. The third-order valence-corrected chi connectivity index (χ3v) is 9.24.